The van der Waals surface area contributed by atoms with Crippen LogP contribution in [0.4, 0.5) is 17.2 Å². The van der Waals surface area contributed by atoms with Crippen LogP contribution in [0, 0.1) is 10.1 Å². The third-order valence-electron chi connectivity index (χ3n) is 7.16. The third kappa shape index (κ3) is 5.40. The van der Waals surface area contributed by atoms with E-state index in [9.17, 15) is 19.7 Å². The number of nitro groups is 1. The van der Waals surface area contributed by atoms with Crippen molar-refractivity contribution in [3.05, 3.63) is 87.1 Å². The zero-order valence-corrected chi connectivity index (χ0v) is 22.6. The van der Waals surface area contributed by atoms with Gasteiger partial charge in [-0.1, -0.05) is 49.6 Å². The van der Waals surface area contributed by atoms with Gasteiger partial charge >= 0.3 is 0 Å². The van der Waals surface area contributed by atoms with Gasteiger partial charge < -0.3 is 16.0 Å². The van der Waals surface area contributed by atoms with Gasteiger partial charge in [-0.05, 0) is 43.7 Å². The maximum absolute atomic E-state index is 13.7. The number of non-ortho nitro benzene ring substituents is 1. The lowest BCUT2D eigenvalue weighted by molar-refractivity contribution is -0.384. The minimum absolute atomic E-state index is 0.0605. The van der Waals surface area contributed by atoms with Crippen LogP contribution in [0.1, 0.15) is 61.0 Å². The number of anilines is 2. The number of aromatic nitrogens is 2. The minimum Gasteiger partial charge on any atom is -0.349 e. The van der Waals surface area contributed by atoms with Gasteiger partial charge in [0.1, 0.15) is 22.4 Å². The van der Waals surface area contributed by atoms with E-state index < -0.39 is 11.0 Å². The van der Waals surface area contributed by atoms with Crippen molar-refractivity contribution in [2.75, 3.05) is 16.9 Å². The second kappa shape index (κ2) is 11.3. The Morgan fingerprint density at radius 3 is 2.38 bits per heavy atom. The van der Waals surface area contributed by atoms with E-state index in [1.165, 1.54) is 42.4 Å². The molecule has 1 atom stereocenters. The number of hydrogen-bond acceptors (Lipinski definition) is 7. The van der Waals surface area contributed by atoms with Gasteiger partial charge in [-0.25, -0.2) is 4.68 Å². The van der Waals surface area contributed by atoms with Crippen LogP contribution >= 0.6 is 11.8 Å². The Morgan fingerprint density at radius 2 is 1.74 bits per heavy atom. The number of allylic oxidation sites excluding steroid dienone is 1. The van der Waals surface area contributed by atoms with E-state index in [1.54, 1.807) is 11.6 Å². The molecule has 2 aliphatic rings. The summed E-state index contributed by atoms with van der Waals surface area (Å²) in [6, 6.07) is 14.8. The number of rotatable bonds is 7. The Balaban J connectivity index is 1.52. The Labute approximate surface area is 230 Å². The number of fused-ring (bicyclic) bond motifs is 1. The maximum atomic E-state index is 13.7. The lowest BCUT2D eigenvalue weighted by Gasteiger charge is -2.30. The highest BCUT2D eigenvalue weighted by molar-refractivity contribution is 7.98. The number of benzene rings is 2. The van der Waals surface area contributed by atoms with Crippen molar-refractivity contribution < 1.29 is 14.5 Å². The molecule has 0 saturated heterocycles. The standard InChI is InChI=1S/C28H30N6O4S/c1-17-22(26(35)31-20-13-15-21(16-14-20)34(37)38)24(18-9-5-3-6-10-18)33-25(29-17)23(28(32-33)39-2)27(36)30-19-11-7-4-8-12-19/h3,5-6,9-10,13-16,19,24,29H,4,7-8,11-12H2,1-2H3,(H,30,36)(H,31,35). The molecule has 202 valence electrons. The number of hydrogen-bond donors (Lipinski definition) is 3. The fourth-order valence-corrected chi connectivity index (χ4v) is 5.81. The molecule has 2 heterocycles. The van der Waals surface area contributed by atoms with E-state index in [1.807, 2.05) is 36.6 Å². The Morgan fingerprint density at radius 1 is 1.05 bits per heavy atom. The molecular weight excluding hydrogens is 516 g/mol. The molecule has 3 N–H and O–H groups in total. The number of nitrogens with zero attached hydrogens (tertiary/aromatic N) is 3. The molecule has 1 saturated carbocycles. The van der Waals surface area contributed by atoms with Crippen molar-refractivity contribution in [3.63, 3.8) is 0 Å². The summed E-state index contributed by atoms with van der Waals surface area (Å²) in [6.07, 6.45) is 7.23. The first-order chi connectivity index (χ1) is 18.9. The second-order valence-electron chi connectivity index (χ2n) is 9.72. The molecule has 1 fully saturated rings. The molecule has 0 spiro atoms. The van der Waals surface area contributed by atoms with Crippen molar-refractivity contribution in [2.45, 2.75) is 56.1 Å². The maximum Gasteiger partial charge on any atom is 0.269 e. The highest BCUT2D eigenvalue weighted by Crippen LogP contribution is 2.40. The van der Waals surface area contributed by atoms with Gasteiger partial charge in [-0.15, -0.1) is 11.8 Å². The first-order valence-electron chi connectivity index (χ1n) is 12.9. The zero-order chi connectivity index (χ0) is 27.5. The van der Waals surface area contributed by atoms with Crippen LogP contribution in [0.3, 0.4) is 0 Å². The summed E-state index contributed by atoms with van der Waals surface area (Å²) in [4.78, 5) is 37.8. The Kier molecular flexibility index (Phi) is 7.69. The summed E-state index contributed by atoms with van der Waals surface area (Å²) < 4.78 is 1.72. The summed E-state index contributed by atoms with van der Waals surface area (Å²) in [5.74, 6) is 0.00653. The second-order valence-corrected chi connectivity index (χ2v) is 10.5. The fraction of sp³-hybridized carbons (Fsp3) is 0.321. The molecule has 1 aliphatic carbocycles. The molecule has 2 aromatic carbocycles. The van der Waals surface area contributed by atoms with Gasteiger partial charge in [0.05, 0.1) is 10.5 Å². The summed E-state index contributed by atoms with van der Waals surface area (Å²) >= 11 is 1.39. The molecule has 1 aliphatic heterocycles. The smallest absolute Gasteiger partial charge is 0.269 e. The zero-order valence-electron chi connectivity index (χ0n) is 21.8. The molecule has 5 rings (SSSR count). The molecule has 3 aromatic rings. The van der Waals surface area contributed by atoms with Crippen LogP contribution in [0.15, 0.2) is 70.9 Å². The number of nitrogens with one attached hydrogen (secondary N) is 3. The van der Waals surface area contributed by atoms with Gasteiger partial charge in [-0.2, -0.15) is 5.10 Å². The number of nitro benzene ring substituents is 1. The molecule has 0 radical (unpaired) electrons. The Hall–Kier alpha value is -4.12. The van der Waals surface area contributed by atoms with E-state index in [-0.39, 0.29) is 23.5 Å². The monoisotopic (exact) mass is 546 g/mol. The Bertz CT molecular complexity index is 1430. The van der Waals surface area contributed by atoms with E-state index in [2.05, 4.69) is 16.0 Å². The third-order valence-corrected chi connectivity index (χ3v) is 7.84. The highest BCUT2D eigenvalue weighted by atomic mass is 32.2. The number of carbonyl (C=O) groups is 2. The van der Waals surface area contributed by atoms with Crippen molar-refractivity contribution in [3.8, 4) is 0 Å². The van der Waals surface area contributed by atoms with Crippen LogP contribution in [0.2, 0.25) is 0 Å². The van der Waals surface area contributed by atoms with Gasteiger partial charge in [0, 0.05) is 29.6 Å². The van der Waals surface area contributed by atoms with Crippen molar-refractivity contribution in [2.24, 2.45) is 0 Å². The van der Waals surface area contributed by atoms with Gasteiger partial charge in [0.15, 0.2) is 0 Å². The van der Waals surface area contributed by atoms with Gasteiger partial charge in [-0.3, -0.25) is 19.7 Å². The quantitative estimate of drug-likeness (QED) is 0.202. The normalized spacial score (nSPS) is 17.2. The predicted octanol–water partition coefficient (Wildman–Crippen LogP) is 5.50. The average molecular weight is 547 g/mol. The van der Waals surface area contributed by atoms with E-state index in [0.29, 0.717) is 33.4 Å². The van der Waals surface area contributed by atoms with Crippen LogP contribution in [0.25, 0.3) is 0 Å². The summed E-state index contributed by atoms with van der Waals surface area (Å²) in [5.41, 5.74) is 2.71. The van der Waals surface area contributed by atoms with E-state index >= 15 is 0 Å². The average Bonchev–Trinajstić information content (AvgIpc) is 3.31. The fourth-order valence-electron chi connectivity index (χ4n) is 5.25. The van der Waals surface area contributed by atoms with Gasteiger partial charge in [0.2, 0.25) is 0 Å². The number of carbonyl (C=O) groups excluding carboxylic acids is 2. The predicted molar refractivity (Wildman–Crippen MR) is 151 cm³/mol. The topological polar surface area (TPSA) is 131 Å². The van der Waals surface area contributed by atoms with Gasteiger partial charge in [0.25, 0.3) is 17.5 Å². The molecular formula is C28H30N6O4S. The number of thioether (sulfide) groups is 1. The van der Waals surface area contributed by atoms with Crippen molar-refractivity contribution in [1.82, 2.24) is 15.1 Å². The molecule has 10 nitrogen and oxygen atoms in total. The molecule has 1 aromatic heterocycles. The largest absolute Gasteiger partial charge is 0.349 e. The minimum atomic E-state index is -0.595. The van der Waals surface area contributed by atoms with Crippen LogP contribution in [-0.2, 0) is 4.79 Å². The highest BCUT2D eigenvalue weighted by Gasteiger charge is 2.37. The lowest BCUT2D eigenvalue weighted by atomic mass is 9.94. The van der Waals surface area contributed by atoms with Crippen LogP contribution in [-0.4, -0.2) is 38.8 Å². The first kappa shape index (κ1) is 26.5. The number of amides is 2. The summed E-state index contributed by atoms with van der Waals surface area (Å²) in [7, 11) is 0. The van der Waals surface area contributed by atoms with E-state index in [4.69, 9.17) is 5.10 Å². The van der Waals surface area contributed by atoms with Crippen LogP contribution in [0.5, 0.6) is 0 Å². The van der Waals surface area contributed by atoms with Crippen LogP contribution < -0.4 is 16.0 Å². The SMILES string of the molecule is CSc1nn2c(c1C(=O)NC1CCCCC1)NC(C)=C(C(=O)Nc1ccc([N+](=O)[O-])cc1)C2c1ccccc1. The lowest BCUT2D eigenvalue weighted by Crippen LogP contribution is -2.37. The van der Waals surface area contributed by atoms with Crippen molar-refractivity contribution >= 4 is 40.8 Å². The molecule has 1 unspecified atom stereocenters. The molecule has 39 heavy (non-hydrogen) atoms. The first-order valence-corrected chi connectivity index (χ1v) is 14.2. The van der Waals surface area contributed by atoms with E-state index in [0.717, 1.165) is 31.2 Å². The summed E-state index contributed by atoms with van der Waals surface area (Å²) in [6.45, 7) is 1.80. The van der Waals surface area contributed by atoms with Crippen molar-refractivity contribution in [1.29, 1.82) is 0 Å². The molecule has 0 bridgehead atoms. The molecule has 2 amide bonds. The molecule has 11 heteroatoms. The summed E-state index contributed by atoms with van der Waals surface area (Å²) in [5, 5.41) is 25.8.